The summed E-state index contributed by atoms with van der Waals surface area (Å²) in [4.78, 5) is 25.1. The summed E-state index contributed by atoms with van der Waals surface area (Å²) in [6.45, 7) is 6.36. The van der Waals surface area contributed by atoms with Crippen LogP contribution in [0.4, 0.5) is 9.18 Å². The summed E-state index contributed by atoms with van der Waals surface area (Å²) in [5, 5.41) is 17.1. The van der Waals surface area contributed by atoms with Crippen molar-refractivity contribution in [2.75, 3.05) is 13.1 Å². The number of aromatic carboxylic acids is 1. The number of halogens is 1. The average molecular weight is 364 g/mol. The predicted octanol–water partition coefficient (Wildman–Crippen LogP) is 2.84. The number of carbonyl (C=O) groups is 2. The van der Waals surface area contributed by atoms with Crippen molar-refractivity contribution in [2.24, 2.45) is 0 Å². The number of carbonyl (C=O) groups excluding carboxylic acids is 1. The van der Waals surface area contributed by atoms with Gasteiger partial charge in [-0.25, -0.2) is 18.7 Å². The van der Waals surface area contributed by atoms with Gasteiger partial charge in [-0.2, -0.15) is 0 Å². The molecular weight excluding hydrogens is 343 g/mol. The molecule has 1 atom stereocenters. The minimum absolute atomic E-state index is 0.187. The van der Waals surface area contributed by atoms with Crippen LogP contribution in [0.5, 0.6) is 0 Å². The second-order valence-electron chi connectivity index (χ2n) is 7.38. The normalized spacial score (nSPS) is 18.2. The summed E-state index contributed by atoms with van der Waals surface area (Å²) in [5.41, 5.74) is -0.305. The van der Waals surface area contributed by atoms with Gasteiger partial charge in [-0.1, -0.05) is 5.21 Å². The first-order chi connectivity index (χ1) is 12.2. The number of hydrogen-bond donors (Lipinski definition) is 1. The lowest BCUT2D eigenvalue weighted by molar-refractivity contribution is 0.0168. The van der Waals surface area contributed by atoms with Gasteiger partial charge in [0.25, 0.3) is 0 Å². The molecule has 2 aromatic rings. The number of fused-ring (bicyclic) bond motifs is 1. The smallest absolute Gasteiger partial charge is 0.410 e. The molecule has 0 aliphatic carbocycles. The van der Waals surface area contributed by atoms with E-state index in [9.17, 15) is 14.0 Å². The van der Waals surface area contributed by atoms with Gasteiger partial charge in [0.2, 0.25) is 0 Å². The third-order valence-electron chi connectivity index (χ3n) is 4.18. The molecule has 8 nitrogen and oxygen atoms in total. The molecule has 26 heavy (non-hydrogen) atoms. The largest absolute Gasteiger partial charge is 0.478 e. The number of carboxylic acids is 1. The molecule has 140 valence electrons. The van der Waals surface area contributed by atoms with Gasteiger partial charge < -0.3 is 14.7 Å². The average Bonchev–Trinajstić information content (AvgIpc) is 2.95. The highest BCUT2D eigenvalue weighted by atomic mass is 19.1. The van der Waals surface area contributed by atoms with Crippen LogP contribution in [0, 0.1) is 5.82 Å². The Morgan fingerprint density at radius 1 is 1.35 bits per heavy atom. The number of likely N-dealkylation sites (tertiary alicyclic amines) is 1. The molecular formula is C17H21FN4O4. The first-order valence-electron chi connectivity index (χ1n) is 8.41. The van der Waals surface area contributed by atoms with E-state index >= 15 is 0 Å². The molecule has 0 radical (unpaired) electrons. The van der Waals surface area contributed by atoms with Crippen LogP contribution in [0.15, 0.2) is 12.1 Å². The van der Waals surface area contributed by atoms with E-state index in [1.165, 1.54) is 6.07 Å². The van der Waals surface area contributed by atoms with Crippen LogP contribution in [0.1, 0.15) is 50.0 Å². The standard InChI is InChI=1S/C17H21FN4O4/c1-17(2,3)26-16(25)21-6-4-5-10(9-21)22-14-7-11(15(23)24)12(18)8-13(14)19-20-22/h7-8,10H,4-6,9H2,1-3H3,(H,23,24). The molecule has 1 aromatic carbocycles. The van der Waals surface area contributed by atoms with E-state index in [1.807, 2.05) is 0 Å². The van der Waals surface area contributed by atoms with Gasteiger partial charge in [0.05, 0.1) is 17.1 Å². The van der Waals surface area contributed by atoms with Crippen LogP contribution in [-0.4, -0.2) is 55.8 Å². The van der Waals surface area contributed by atoms with Crippen LogP contribution in [0.3, 0.4) is 0 Å². The minimum atomic E-state index is -1.35. The van der Waals surface area contributed by atoms with Crippen molar-refractivity contribution in [3.63, 3.8) is 0 Å². The van der Waals surface area contributed by atoms with Crippen molar-refractivity contribution < 1.29 is 23.8 Å². The Morgan fingerprint density at radius 3 is 2.73 bits per heavy atom. The van der Waals surface area contributed by atoms with Crippen LogP contribution >= 0.6 is 0 Å². The number of hydrogen-bond acceptors (Lipinski definition) is 5. The molecule has 1 fully saturated rings. The molecule has 1 aliphatic rings. The maximum Gasteiger partial charge on any atom is 0.410 e. The van der Waals surface area contributed by atoms with E-state index in [2.05, 4.69) is 10.3 Å². The van der Waals surface area contributed by atoms with E-state index in [1.54, 1.807) is 30.4 Å². The lowest BCUT2D eigenvalue weighted by atomic mass is 10.1. The zero-order valence-corrected chi connectivity index (χ0v) is 14.9. The Morgan fingerprint density at radius 2 is 2.08 bits per heavy atom. The molecule has 1 aromatic heterocycles. The molecule has 9 heteroatoms. The van der Waals surface area contributed by atoms with E-state index in [-0.39, 0.29) is 11.6 Å². The molecule has 0 saturated carbocycles. The molecule has 0 bridgehead atoms. The van der Waals surface area contributed by atoms with Gasteiger partial charge >= 0.3 is 12.1 Å². The Bertz CT molecular complexity index is 858. The van der Waals surface area contributed by atoms with Crippen LogP contribution in [0.2, 0.25) is 0 Å². The summed E-state index contributed by atoms with van der Waals surface area (Å²) >= 11 is 0. The van der Waals surface area contributed by atoms with Crippen molar-refractivity contribution in [1.29, 1.82) is 0 Å². The van der Waals surface area contributed by atoms with Crippen molar-refractivity contribution >= 4 is 23.1 Å². The number of benzene rings is 1. The number of aromatic nitrogens is 3. The van der Waals surface area contributed by atoms with Gasteiger partial charge in [0.1, 0.15) is 16.9 Å². The number of ether oxygens (including phenoxy) is 1. The predicted molar refractivity (Wildman–Crippen MR) is 90.5 cm³/mol. The second-order valence-corrected chi connectivity index (χ2v) is 7.38. The van der Waals surface area contributed by atoms with E-state index < -0.39 is 29.0 Å². The van der Waals surface area contributed by atoms with E-state index in [4.69, 9.17) is 9.84 Å². The number of nitrogens with zero attached hydrogens (tertiary/aromatic N) is 4. The molecule has 1 aliphatic heterocycles. The lowest BCUT2D eigenvalue weighted by Gasteiger charge is -2.34. The maximum atomic E-state index is 13.8. The third-order valence-corrected chi connectivity index (χ3v) is 4.18. The summed E-state index contributed by atoms with van der Waals surface area (Å²) in [6, 6.07) is 2.12. The summed E-state index contributed by atoms with van der Waals surface area (Å²) in [6.07, 6.45) is 1.10. The zero-order chi connectivity index (χ0) is 19.1. The molecule has 2 heterocycles. The van der Waals surface area contributed by atoms with E-state index in [0.29, 0.717) is 18.6 Å². The number of carboxylic acid groups (broad SMARTS) is 1. The molecule has 1 N–H and O–H groups in total. The summed E-state index contributed by atoms with van der Waals surface area (Å²) in [5.74, 6) is -2.20. The van der Waals surface area contributed by atoms with Crippen molar-refractivity contribution in [2.45, 2.75) is 45.3 Å². The number of piperidine rings is 1. The zero-order valence-electron chi connectivity index (χ0n) is 14.9. The fraction of sp³-hybridized carbons (Fsp3) is 0.529. The minimum Gasteiger partial charge on any atom is -0.478 e. The van der Waals surface area contributed by atoms with Crippen molar-refractivity contribution in [3.05, 3.63) is 23.5 Å². The van der Waals surface area contributed by atoms with Crippen molar-refractivity contribution in [3.8, 4) is 0 Å². The van der Waals surface area contributed by atoms with E-state index in [0.717, 1.165) is 18.9 Å². The highest BCUT2D eigenvalue weighted by Gasteiger charge is 2.30. The molecule has 1 unspecified atom stereocenters. The first-order valence-corrected chi connectivity index (χ1v) is 8.41. The van der Waals surface area contributed by atoms with Crippen LogP contribution in [-0.2, 0) is 4.74 Å². The quantitative estimate of drug-likeness (QED) is 0.880. The molecule has 3 rings (SSSR count). The SMILES string of the molecule is CC(C)(C)OC(=O)N1CCCC(n2nnc3cc(F)c(C(=O)O)cc32)C1. The highest BCUT2D eigenvalue weighted by molar-refractivity contribution is 5.92. The Hall–Kier alpha value is -2.71. The Balaban J connectivity index is 1.88. The maximum absolute atomic E-state index is 13.8. The van der Waals surface area contributed by atoms with Gasteiger partial charge in [-0.3, -0.25) is 0 Å². The fourth-order valence-electron chi connectivity index (χ4n) is 3.04. The number of rotatable bonds is 2. The molecule has 0 spiro atoms. The van der Waals surface area contributed by atoms with Gasteiger partial charge in [-0.15, -0.1) is 5.10 Å². The molecule has 1 saturated heterocycles. The first kappa shape index (κ1) is 18.1. The summed E-state index contributed by atoms with van der Waals surface area (Å²) in [7, 11) is 0. The number of amides is 1. The van der Waals surface area contributed by atoms with Crippen LogP contribution < -0.4 is 0 Å². The molecule has 1 amide bonds. The Labute approximate surface area is 149 Å². The van der Waals surface area contributed by atoms with Gasteiger partial charge in [0.15, 0.2) is 0 Å². The monoisotopic (exact) mass is 364 g/mol. The fourth-order valence-corrected chi connectivity index (χ4v) is 3.04. The summed E-state index contributed by atoms with van der Waals surface area (Å²) < 4.78 is 20.8. The van der Waals surface area contributed by atoms with Crippen molar-refractivity contribution in [1.82, 2.24) is 19.9 Å². The van der Waals surface area contributed by atoms with Gasteiger partial charge in [-0.05, 0) is 39.7 Å². The second kappa shape index (κ2) is 6.54. The van der Waals surface area contributed by atoms with Gasteiger partial charge in [0, 0.05) is 19.2 Å². The lowest BCUT2D eigenvalue weighted by Crippen LogP contribution is -2.43. The topological polar surface area (TPSA) is 97.5 Å². The van der Waals surface area contributed by atoms with Crippen LogP contribution in [0.25, 0.3) is 11.0 Å². The Kier molecular flexibility index (Phi) is 4.55. The third kappa shape index (κ3) is 3.61. The highest BCUT2D eigenvalue weighted by Crippen LogP contribution is 2.27.